The molecule has 0 N–H and O–H groups in total. The molecule has 0 amide bonds. The summed E-state index contributed by atoms with van der Waals surface area (Å²) in [4.78, 5) is 14.1. The summed E-state index contributed by atoms with van der Waals surface area (Å²) in [5, 5.41) is -0.156. The van der Waals surface area contributed by atoms with Crippen LogP contribution in [0.5, 0.6) is 0 Å². The second-order valence-corrected chi connectivity index (χ2v) is 3.56. The monoisotopic (exact) mass is 235 g/mol. The lowest BCUT2D eigenvalue weighted by atomic mass is 10.1. The first-order valence-electron chi connectivity index (χ1n) is 4.58. The summed E-state index contributed by atoms with van der Waals surface area (Å²) in [5.41, 5.74) is 1.58. The molecule has 0 aliphatic carbocycles. The molecule has 0 spiro atoms. The van der Waals surface area contributed by atoms with Crippen LogP contribution in [0.25, 0.3) is 11.1 Å². The molecule has 2 aromatic rings. The molecular weight excluding hydrogens is 229 g/mol. The molecule has 2 nitrogen and oxygen atoms in total. The summed E-state index contributed by atoms with van der Waals surface area (Å²) in [6.07, 6.45) is 2.17. The Kier molecular flexibility index (Phi) is 2.97. The van der Waals surface area contributed by atoms with Crippen molar-refractivity contribution in [2.24, 2.45) is 0 Å². The smallest absolute Gasteiger partial charge is 0.168 e. The van der Waals surface area contributed by atoms with Crippen molar-refractivity contribution >= 4 is 17.9 Å². The van der Waals surface area contributed by atoms with Gasteiger partial charge in [0.1, 0.15) is 6.29 Å². The second-order valence-electron chi connectivity index (χ2n) is 3.20. The first-order valence-corrected chi connectivity index (χ1v) is 4.96. The van der Waals surface area contributed by atoms with E-state index in [1.165, 1.54) is 12.3 Å². The maximum Gasteiger partial charge on any atom is 0.168 e. The van der Waals surface area contributed by atoms with E-state index in [-0.39, 0.29) is 5.15 Å². The molecule has 0 atom stereocenters. The van der Waals surface area contributed by atoms with Gasteiger partial charge >= 0.3 is 0 Å². The zero-order chi connectivity index (χ0) is 11.5. The van der Waals surface area contributed by atoms with Gasteiger partial charge in [0, 0.05) is 17.3 Å². The first-order chi connectivity index (χ1) is 7.72. The fraction of sp³-hybridized carbons (Fsp3) is 0. The summed E-state index contributed by atoms with van der Waals surface area (Å²) >= 11 is 5.58. The highest BCUT2D eigenvalue weighted by molar-refractivity contribution is 6.29. The van der Waals surface area contributed by atoms with Gasteiger partial charge in [-0.25, -0.2) is 9.37 Å². The lowest BCUT2D eigenvalue weighted by Crippen LogP contribution is -1.88. The maximum absolute atomic E-state index is 13.6. The van der Waals surface area contributed by atoms with E-state index in [1.54, 1.807) is 24.3 Å². The summed E-state index contributed by atoms with van der Waals surface area (Å²) in [6, 6.07) is 8.11. The lowest BCUT2D eigenvalue weighted by molar-refractivity contribution is 0.112. The average Bonchev–Trinajstić information content (AvgIpc) is 2.33. The van der Waals surface area contributed by atoms with E-state index in [9.17, 15) is 9.18 Å². The summed E-state index contributed by atoms with van der Waals surface area (Å²) in [5.74, 6) is -0.553. The Morgan fingerprint density at radius 1 is 1.19 bits per heavy atom. The highest BCUT2D eigenvalue weighted by Crippen LogP contribution is 2.25. The molecule has 0 saturated carbocycles. The van der Waals surface area contributed by atoms with E-state index in [0.29, 0.717) is 16.7 Å². The molecule has 1 heterocycles. The standard InChI is InChI=1S/C12H7ClFNO/c13-12-11(14)10(5-6-15-12)9-3-1-8(7-16)2-4-9/h1-7H. The van der Waals surface area contributed by atoms with Gasteiger partial charge in [0.2, 0.25) is 0 Å². The highest BCUT2D eigenvalue weighted by Gasteiger charge is 2.08. The molecule has 1 aromatic heterocycles. The third-order valence-corrected chi connectivity index (χ3v) is 2.47. The Bertz CT molecular complexity index is 525. The van der Waals surface area contributed by atoms with Gasteiger partial charge in [-0.1, -0.05) is 35.9 Å². The number of benzene rings is 1. The van der Waals surface area contributed by atoms with Gasteiger partial charge in [-0.15, -0.1) is 0 Å². The van der Waals surface area contributed by atoms with Crippen LogP contribution in [0.4, 0.5) is 4.39 Å². The van der Waals surface area contributed by atoms with E-state index in [2.05, 4.69) is 4.98 Å². The number of nitrogens with zero attached hydrogens (tertiary/aromatic N) is 1. The number of carbonyl (C=O) groups excluding carboxylic acids is 1. The second kappa shape index (κ2) is 4.41. The molecule has 1 aromatic carbocycles. The molecule has 80 valence electrons. The molecule has 0 aliphatic heterocycles. The molecular formula is C12H7ClFNO. The Morgan fingerprint density at radius 3 is 2.50 bits per heavy atom. The maximum atomic E-state index is 13.6. The number of hydrogen-bond acceptors (Lipinski definition) is 2. The van der Waals surface area contributed by atoms with Crippen molar-refractivity contribution in [2.45, 2.75) is 0 Å². The molecule has 0 unspecified atom stereocenters. The minimum atomic E-state index is -0.553. The minimum Gasteiger partial charge on any atom is -0.298 e. The predicted octanol–water partition coefficient (Wildman–Crippen LogP) is 3.35. The highest BCUT2D eigenvalue weighted by atomic mass is 35.5. The third-order valence-electron chi connectivity index (χ3n) is 2.20. The van der Waals surface area contributed by atoms with Gasteiger partial charge in [-0.3, -0.25) is 4.79 Å². The van der Waals surface area contributed by atoms with Gasteiger partial charge in [-0.05, 0) is 11.6 Å². The Hall–Kier alpha value is -1.74. The van der Waals surface area contributed by atoms with Gasteiger partial charge in [0.05, 0.1) is 0 Å². The van der Waals surface area contributed by atoms with E-state index in [1.807, 2.05) is 0 Å². The molecule has 16 heavy (non-hydrogen) atoms. The van der Waals surface area contributed by atoms with Crippen LogP contribution in [-0.4, -0.2) is 11.3 Å². The summed E-state index contributed by atoms with van der Waals surface area (Å²) in [6.45, 7) is 0. The van der Waals surface area contributed by atoms with Crippen molar-refractivity contribution in [3.8, 4) is 11.1 Å². The minimum absolute atomic E-state index is 0.156. The Balaban J connectivity index is 2.50. The molecule has 2 rings (SSSR count). The van der Waals surface area contributed by atoms with Gasteiger partial charge in [0.25, 0.3) is 0 Å². The third kappa shape index (κ3) is 1.95. The van der Waals surface area contributed by atoms with E-state index < -0.39 is 5.82 Å². The van der Waals surface area contributed by atoms with E-state index in [4.69, 9.17) is 11.6 Å². The lowest BCUT2D eigenvalue weighted by Gasteiger charge is -2.03. The molecule has 4 heteroatoms. The van der Waals surface area contributed by atoms with Crippen LogP contribution in [0.1, 0.15) is 10.4 Å². The zero-order valence-electron chi connectivity index (χ0n) is 8.15. The van der Waals surface area contributed by atoms with Crippen molar-refractivity contribution in [3.05, 3.63) is 53.1 Å². The van der Waals surface area contributed by atoms with Crippen molar-refractivity contribution < 1.29 is 9.18 Å². The van der Waals surface area contributed by atoms with Crippen LogP contribution in [-0.2, 0) is 0 Å². The van der Waals surface area contributed by atoms with Crippen LogP contribution < -0.4 is 0 Å². The van der Waals surface area contributed by atoms with Crippen LogP contribution in [0.15, 0.2) is 36.5 Å². The fourth-order valence-corrected chi connectivity index (χ4v) is 1.54. The number of pyridine rings is 1. The number of aromatic nitrogens is 1. The van der Waals surface area contributed by atoms with E-state index in [0.717, 1.165) is 6.29 Å². The SMILES string of the molecule is O=Cc1ccc(-c2ccnc(Cl)c2F)cc1. The van der Waals surface area contributed by atoms with Crippen molar-refractivity contribution in [1.29, 1.82) is 0 Å². The van der Waals surface area contributed by atoms with E-state index >= 15 is 0 Å². The van der Waals surface area contributed by atoms with Gasteiger partial charge in [-0.2, -0.15) is 0 Å². The predicted molar refractivity (Wildman–Crippen MR) is 60.0 cm³/mol. The molecule has 0 radical (unpaired) electrons. The molecule has 0 saturated heterocycles. The quantitative estimate of drug-likeness (QED) is 0.590. The van der Waals surface area contributed by atoms with Crippen LogP contribution in [0, 0.1) is 5.82 Å². The Morgan fingerprint density at radius 2 is 1.88 bits per heavy atom. The largest absolute Gasteiger partial charge is 0.298 e. The van der Waals surface area contributed by atoms with Crippen LogP contribution in [0.3, 0.4) is 0 Å². The van der Waals surface area contributed by atoms with Crippen molar-refractivity contribution in [1.82, 2.24) is 4.98 Å². The van der Waals surface area contributed by atoms with Gasteiger partial charge in [0.15, 0.2) is 11.0 Å². The number of carbonyl (C=O) groups is 1. The average molecular weight is 236 g/mol. The topological polar surface area (TPSA) is 30.0 Å². The van der Waals surface area contributed by atoms with Crippen molar-refractivity contribution in [2.75, 3.05) is 0 Å². The normalized spacial score (nSPS) is 10.1. The molecule has 0 aliphatic rings. The Labute approximate surface area is 96.7 Å². The fourth-order valence-electron chi connectivity index (χ4n) is 1.38. The number of aldehydes is 1. The number of halogens is 2. The van der Waals surface area contributed by atoms with Crippen molar-refractivity contribution in [3.63, 3.8) is 0 Å². The summed E-state index contributed by atoms with van der Waals surface area (Å²) in [7, 11) is 0. The molecule has 0 fully saturated rings. The van der Waals surface area contributed by atoms with Crippen LogP contribution >= 0.6 is 11.6 Å². The first kappa shape index (κ1) is 10.8. The zero-order valence-corrected chi connectivity index (χ0v) is 8.91. The number of hydrogen-bond donors (Lipinski definition) is 0. The van der Waals surface area contributed by atoms with Gasteiger partial charge < -0.3 is 0 Å². The van der Waals surface area contributed by atoms with Crippen LogP contribution in [0.2, 0.25) is 5.15 Å². The summed E-state index contributed by atoms with van der Waals surface area (Å²) < 4.78 is 13.6. The molecule has 0 bridgehead atoms. The number of rotatable bonds is 2.